The predicted octanol–water partition coefficient (Wildman–Crippen LogP) is 1.21. The van der Waals surface area contributed by atoms with E-state index in [0.29, 0.717) is 18.7 Å². The number of carbonyl (C=O) groups is 2. The van der Waals surface area contributed by atoms with Crippen LogP contribution in [0.1, 0.15) is 17.3 Å². The minimum atomic E-state index is -1.02. The Hall–Kier alpha value is -2.47. The number of benzene rings is 1. The summed E-state index contributed by atoms with van der Waals surface area (Å²) in [7, 11) is 1.56. The minimum absolute atomic E-state index is 0.137. The van der Waals surface area contributed by atoms with Gasteiger partial charge in [0.1, 0.15) is 0 Å². The van der Waals surface area contributed by atoms with Gasteiger partial charge in [0, 0.05) is 25.2 Å². The zero-order valence-electron chi connectivity index (χ0n) is 13.2. The first kappa shape index (κ1) is 15.4. The van der Waals surface area contributed by atoms with Crippen molar-refractivity contribution in [2.45, 2.75) is 12.5 Å². The van der Waals surface area contributed by atoms with E-state index in [1.54, 1.807) is 25.1 Å². The monoisotopic (exact) mass is 313 g/mol. The minimum Gasteiger partial charge on any atom is -0.362 e. The highest BCUT2D eigenvalue weighted by Crippen LogP contribution is 2.21. The zero-order chi connectivity index (χ0) is 16.4. The van der Waals surface area contributed by atoms with E-state index in [0.717, 1.165) is 10.9 Å². The number of nitrogens with zero attached hydrogens (tertiary/aromatic N) is 2. The fourth-order valence-corrected chi connectivity index (χ4v) is 2.82. The van der Waals surface area contributed by atoms with Crippen molar-refractivity contribution < 1.29 is 14.3 Å². The fourth-order valence-electron chi connectivity index (χ4n) is 2.82. The van der Waals surface area contributed by atoms with Gasteiger partial charge in [-0.25, -0.2) is 0 Å². The molecule has 6 nitrogen and oxygen atoms in total. The molecule has 1 atom stereocenters. The Kier molecular flexibility index (Phi) is 4.00. The molecule has 0 saturated carbocycles. The summed E-state index contributed by atoms with van der Waals surface area (Å²) in [6.45, 7) is 2.71. The molecule has 1 unspecified atom stereocenters. The van der Waals surface area contributed by atoms with Crippen LogP contribution in [-0.4, -0.2) is 54.0 Å². The van der Waals surface area contributed by atoms with Gasteiger partial charge in [0.15, 0.2) is 5.60 Å². The summed E-state index contributed by atoms with van der Waals surface area (Å²) in [5.41, 5.74) is 0.346. The summed E-state index contributed by atoms with van der Waals surface area (Å²) >= 11 is 0. The first-order chi connectivity index (χ1) is 11.0. The van der Waals surface area contributed by atoms with Gasteiger partial charge in [-0.05, 0) is 19.1 Å². The quantitative estimate of drug-likeness (QED) is 0.905. The van der Waals surface area contributed by atoms with Crippen LogP contribution >= 0.6 is 0 Å². The third-order valence-electron chi connectivity index (χ3n) is 4.11. The molecule has 2 aromatic rings. The molecule has 2 amide bonds. The molecular weight excluding hydrogens is 294 g/mol. The molecule has 0 radical (unpaired) electrons. The predicted molar refractivity (Wildman–Crippen MR) is 86.1 cm³/mol. The summed E-state index contributed by atoms with van der Waals surface area (Å²) in [5.74, 6) is -0.367. The van der Waals surface area contributed by atoms with Gasteiger partial charge >= 0.3 is 0 Å². The highest BCUT2D eigenvalue weighted by Gasteiger charge is 2.40. The number of hydrogen-bond acceptors (Lipinski definition) is 4. The molecular formula is C17H19N3O3. The number of nitrogens with one attached hydrogen (secondary N) is 1. The zero-order valence-corrected chi connectivity index (χ0v) is 13.2. The molecule has 6 heteroatoms. The SMILES string of the molecule is CNC(=O)C1(C)CN(C(=O)c2cnc3ccccc3c2)CCO1. The van der Waals surface area contributed by atoms with Crippen LogP contribution in [0.4, 0.5) is 0 Å². The Balaban J connectivity index is 1.85. The summed E-state index contributed by atoms with van der Waals surface area (Å²) in [6.07, 6.45) is 1.58. The van der Waals surface area contributed by atoms with Crippen LogP contribution in [0.15, 0.2) is 36.5 Å². The number of aromatic nitrogens is 1. The van der Waals surface area contributed by atoms with Gasteiger partial charge in [0.2, 0.25) is 0 Å². The lowest BCUT2D eigenvalue weighted by Crippen LogP contribution is -2.58. The molecule has 23 heavy (non-hydrogen) atoms. The van der Waals surface area contributed by atoms with Crippen LogP contribution in [0.5, 0.6) is 0 Å². The fraction of sp³-hybridized carbons (Fsp3) is 0.353. The average Bonchev–Trinajstić information content (AvgIpc) is 2.60. The van der Waals surface area contributed by atoms with Gasteiger partial charge in [-0.2, -0.15) is 0 Å². The molecule has 1 aliphatic heterocycles. The van der Waals surface area contributed by atoms with E-state index < -0.39 is 5.60 Å². The maximum Gasteiger partial charge on any atom is 0.255 e. The molecule has 1 aromatic heterocycles. The van der Waals surface area contributed by atoms with Gasteiger partial charge in [-0.15, -0.1) is 0 Å². The average molecular weight is 313 g/mol. The second-order valence-corrected chi connectivity index (χ2v) is 5.80. The van der Waals surface area contributed by atoms with E-state index in [1.165, 1.54) is 0 Å². The number of carbonyl (C=O) groups excluding carboxylic acids is 2. The summed E-state index contributed by atoms with van der Waals surface area (Å²) < 4.78 is 5.58. The number of fused-ring (bicyclic) bond motifs is 1. The van der Waals surface area contributed by atoms with Crippen LogP contribution < -0.4 is 5.32 Å². The molecule has 3 rings (SSSR count). The van der Waals surface area contributed by atoms with E-state index >= 15 is 0 Å². The van der Waals surface area contributed by atoms with Crippen molar-refractivity contribution in [3.05, 3.63) is 42.1 Å². The van der Waals surface area contributed by atoms with Gasteiger partial charge in [0.05, 0.1) is 24.2 Å². The third kappa shape index (κ3) is 2.90. The highest BCUT2D eigenvalue weighted by molar-refractivity contribution is 5.98. The van der Waals surface area contributed by atoms with Crippen LogP contribution in [0.2, 0.25) is 0 Å². The lowest BCUT2D eigenvalue weighted by molar-refractivity contribution is -0.153. The molecule has 120 valence electrons. The lowest BCUT2D eigenvalue weighted by atomic mass is 10.0. The Morgan fingerprint density at radius 3 is 2.91 bits per heavy atom. The van der Waals surface area contributed by atoms with Crippen molar-refractivity contribution in [1.29, 1.82) is 0 Å². The van der Waals surface area contributed by atoms with E-state index in [2.05, 4.69) is 10.3 Å². The van der Waals surface area contributed by atoms with Crippen molar-refractivity contribution in [2.75, 3.05) is 26.7 Å². The van der Waals surface area contributed by atoms with E-state index in [9.17, 15) is 9.59 Å². The molecule has 0 aliphatic carbocycles. The molecule has 2 heterocycles. The van der Waals surface area contributed by atoms with E-state index in [4.69, 9.17) is 4.74 Å². The maximum absolute atomic E-state index is 12.7. The van der Waals surface area contributed by atoms with Gasteiger partial charge < -0.3 is 15.0 Å². The Morgan fingerprint density at radius 1 is 1.35 bits per heavy atom. The largest absolute Gasteiger partial charge is 0.362 e. The Labute approximate surface area is 134 Å². The van der Waals surface area contributed by atoms with Crippen molar-refractivity contribution in [3.63, 3.8) is 0 Å². The van der Waals surface area contributed by atoms with Crippen LogP contribution in [0, 0.1) is 0 Å². The number of amides is 2. The molecule has 1 aromatic carbocycles. The van der Waals surface area contributed by atoms with Gasteiger partial charge in [0.25, 0.3) is 11.8 Å². The summed E-state index contributed by atoms with van der Waals surface area (Å²) in [5, 5.41) is 3.50. The number of pyridine rings is 1. The van der Waals surface area contributed by atoms with Crippen molar-refractivity contribution >= 4 is 22.7 Å². The first-order valence-electron chi connectivity index (χ1n) is 7.54. The number of likely N-dealkylation sites (N-methyl/N-ethyl adjacent to an activating group) is 1. The molecule has 1 fully saturated rings. The Morgan fingerprint density at radius 2 is 2.13 bits per heavy atom. The Bertz CT molecular complexity index is 762. The smallest absolute Gasteiger partial charge is 0.255 e. The van der Waals surface area contributed by atoms with Crippen molar-refractivity contribution in [2.24, 2.45) is 0 Å². The maximum atomic E-state index is 12.7. The van der Waals surface area contributed by atoms with Gasteiger partial charge in [-0.3, -0.25) is 14.6 Å². The van der Waals surface area contributed by atoms with Crippen LogP contribution in [0.25, 0.3) is 10.9 Å². The first-order valence-corrected chi connectivity index (χ1v) is 7.54. The molecule has 0 spiro atoms. The molecule has 1 saturated heterocycles. The lowest BCUT2D eigenvalue weighted by Gasteiger charge is -2.39. The summed E-state index contributed by atoms with van der Waals surface area (Å²) in [4.78, 5) is 30.7. The van der Waals surface area contributed by atoms with Crippen molar-refractivity contribution in [1.82, 2.24) is 15.2 Å². The summed E-state index contributed by atoms with van der Waals surface area (Å²) in [6, 6.07) is 9.48. The highest BCUT2D eigenvalue weighted by atomic mass is 16.5. The molecule has 1 aliphatic rings. The third-order valence-corrected chi connectivity index (χ3v) is 4.11. The number of ether oxygens (including phenoxy) is 1. The molecule has 1 N–H and O–H groups in total. The number of hydrogen-bond donors (Lipinski definition) is 1. The van der Waals surface area contributed by atoms with Crippen LogP contribution in [0.3, 0.4) is 0 Å². The molecule has 0 bridgehead atoms. The topological polar surface area (TPSA) is 71.5 Å². The van der Waals surface area contributed by atoms with Crippen molar-refractivity contribution in [3.8, 4) is 0 Å². The number of morpholine rings is 1. The second kappa shape index (κ2) is 5.96. The normalized spacial score (nSPS) is 21.2. The van der Waals surface area contributed by atoms with E-state index in [1.807, 2.05) is 30.3 Å². The number of rotatable bonds is 2. The standard InChI is InChI=1S/C17H19N3O3/c1-17(16(22)18-2)11-20(7-8-23-17)15(21)13-9-12-5-3-4-6-14(12)19-10-13/h3-6,9-10H,7-8,11H2,1-2H3,(H,18,22). The second-order valence-electron chi connectivity index (χ2n) is 5.80. The van der Waals surface area contributed by atoms with Gasteiger partial charge in [-0.1, -0.05) is 18.2 Å². The van der Waals surface area contributed by atoms with Crippen LogP contribution in [-0.2, 0) is 9.53 Å². The number of para-hydroxylation sites is 1. The van der Waals surface area contributed by atoms with E-state index in [-0.39, 0.29) is 18.4 Å².